The number of hydrogen-bond donors (Lipinski definition) is 1. The Labute approximate surface area is 73.1 Å². The van der Waals surface area contributed by atoms with Crippen molar-refractivity contribution >= 4 is 0 Å². The van der Waals surface area contributed by atoms with Crippen molar-refractivity contribution in [3.8, 4) is 0 Å². The first kappa shape index (κ1) is 9.26. The van der Waals surface area contributed by atoms with E-state index in [4.69, 9.17) is 5.11 Å². The Morgan fingerprint density at radius 2 is 2.33 bits per heavy atom. The average molecular weight is 168 g/mol. The molecule has 0 aliphatic carbocycles. The fourth-order valence-corrected chi connectivity index (χ4v) is 1.21. The molecular weight excluding hydrogens is 152 g/mol. The number of imidazole rings is 1. The lowest BCUT2D eigenvalue weighted by molar-refractivity contribution is 0.277. The van der Waals surface area contributed by atoms with Gasteiger partial charge in [0.05, 0.1) is 12.3 Å². The highest BCUT2D eigenvalue weighted by atomic mass is 16.3. The maximum atomic E-state index is 8.82. The smallest absolute Gasteiger partial charge is 0.105 e. The van der Waals surface area contributed by atoms with Gasteiger partial charge in [0.1, 0.15) is 5.82 Å². The molecule has 0 unspecified atom stereocenters. The Morgan fingerprint density at radius 1 is 1.58 bits per heavy atom. The molecular formula is C9H16N2O. The monoisotopic (exact) mass is 168 g/mol. The van der Waals surface area contributed by atoms with Crippen LogP contribution in [0.1, 0.15) is 31.3 Å². The van der Waals surface area contributed by atoms with Crippen LogP contribution in [-0.4, -0.2) is 14.7 Å². The van der Waals surface area contributed by atoms with Crippen LogP contribution < -0.4 is 0 Å². The van der Waals surface area contributed by atoms with E-state index in [1.165, 1.54) is 12.8 Å². The topological polar surface area (TPSA) is 38.0 Å². The third-order valence-electron chi connectivity index (χ3n) is 1.94. The minimum atomic E-state index is 0.0416. The van der Waals surface area contributed by atoms with Crippen LogP contribution in [0.4, 0.5) is 0 Å². The molecule has 0 bridgehead atoms. The van der Waals surface area contributed by atoms with Crippen molar-refractivity contribution in [2.75, 3.05) is 0 Å². The number of unbranched alkanes of at least 4 members (excludes halogenated alkanes) is 1. The van der Waals surface area contributed by atoms with E-state index < -0.39 is 0 Å². The zero-order valence-electron chi connectivity index (χ0n) is 7.75. The van der Waals surface area contributed by atoms with Crippen LogP contribution in [0, 0.1) is 6.92 Å². The maximum absolute atomic E-state index is 8.82. The molecule has 0 aromatic carbocycles. The van der Waals surface area contributed by atoms with Crippen molar-refractivity contribution in [3.63, 3.8) is 0 Å². The number of nitrogens with zero attached hydrogens (tertiary/aromatic N) is 2. The van der Waals surface area contributed by atoms with Crippen molar-refractivity contribution in [2.24, 2.45) is 0 Å². The highest BCUT2D eigenvalue weighted by Crippen LogP contribution is 2.04. The molecule has 0 spiro atoms. The molecule has 0 fully saturated rings. The van der Waals surface area contributed by atoms with Gasteiger partial charge in [0, 0.05) is 12.7 Å². The van der Waals surface area contributed by atoms with Gasteiger partial charge >= 0.3 is 0 Å². The fraction of sp³-hybridized carbons (Fsp3) is 0.667. The summed E-state index contributed by atoms with van der Waals surface area (Å²) in [4.78, 5) is 4.19. The van der Waals surface area contributed by atoms with Crippen molar-refractivity contribution in [2.45, 2.75) is 39.8 Å². The van der Waals surface area contributed by atoms with Gasteiger partial charge in [-0.15, -0.1) is 0 Å². The van der Waals surface area contributed by atoms with E-state index in [9.17, 15) is 0 Å². The Kier molecular flexibility index (Phi) is 3.29. The molecule has 0 atom stereocenters. The Balaban J connectivity index is 2.64. The molecule has 1 aromatic rings. The highest BCUT2D eigenvalue weighted by Gasteiger charge is 2.01. The van der Waals surface area contributed by atoms with Crippen LogP contribution in [0.5, 0.6) is 0 Å². The van der Waals surface area contributed by atoms with E-state index in [0.29, 0.717) is 0 Å². The average Bonchev–Trinajstić information content (AvgIpc) is 2.43. The minimum absolute atomic E-state index is 0.0416. The molecule has 68 valence electrons. The number of aliphatic hydroxyl groups is 1. The first-order valence-corrected chi connectivity index (χ1v) is 4.41. The fourth-order valence-electron chi connectivity index (χ4n) is 1.21. The molecule has 0 saturated heterocycles. The van der Waals surface area contributed by atoms with Gasteiger partial charge in [0.2, 0.25) is 0 Å². The Morgan fingerprint density at radius 3 is 2.83 bits per heavy atom. The molecule has 0 amide bonds. The van der Waals surface area contributed by atoms with Crippen molar-refractivity contribution < 1.29 is 5.11 Å². The normalized spacial score (nSPS) is 10.6. The van der Waals surface area contributed by atoms with E-state index in [0.717, 1.165) is 18.1 Å². The summed E-state index contributed by atoms with van der Waals surface area (Å²) >= 11 is 0. The molecule has 3 heteroatoms. The summed E-state index contributed by atoms with van der Waals surface area (Å²) in [6.45, 7) is 5.18. The largest absolute Gasteiger partial charge is 0.390 e. The zero-order valence-corrected chi connectivity index (χ0v) is 7.75. The first-order chi connectivity index (χ1) is 5.77. The molecule has 0 aliphatic heterocycles. The van der Waals surface area contributed by atoms with Crippen molar-refractivity contribution in [1.82, 2.24) is 9.55 Å². The second kappa shape index (κ2) is 4.26. The summed E-state index contributed by atoms with van der Waals surface area (Å²) < 4.78 is 2.09. The molecule has 0 aliphatic rings. The van der Waals surface area contributed by atoms with E-state index in [2.05, 4.69) is 16.5 Å². The number of rotatable bonds is 4. The summed E-state index contributed by atoms with van der Waals surface area (Å²) in [6, 6.07) is 0. The lowest BCUT2D eigenvalue weighted by atomic mass is 10.3. The van der Waals surface area contributed by atoms with Crippen molar-refractivity contribution in [1.29, 1.82) is 0 Å². The quantitative estimate of drug-likeness (QED) is 0.739. The molecule has 0 saturated carbocycles. The maximum Gasteiger partial charge on any atom is 0.105 e. The van der Waals surface area contributed by atoms with Crippen LogP contribution in [0.15, 0.2) is 6.20 Å². The standard InChI is InChI=1S/C9H16N2O/c1-3-4-5-11-6-9(7-12)10-8(11)2/h6,12H,3-5,7H2,1-2H3. The number of aliphatic hydroxyl groups excluding tert-OH is 1. The highest BCUT2D eigenvalue weighted by molar-refractivity contribution is 5.01. The predicted octanol–water partition coefficient (Wildman–Crippen LogP) is 1.48. The van der Waals surface area contributed by atoms with Crippen LogP contribution in [-0.2, 0) is 13.2 Å². The molecule has 3 nitrogen and oxygen atoms in total. The third-order valence-corrected chi connectivity index (χ3v) is 1.94. The van der Waals surface area contributed by atoms with Crippen LogP contribution in [0.3, 0.4) is 0 Å². The van der Waals surface area contributed by atoms with Gasteiger partial charge in [-0.1, -0.05) is 13.3 Å². The summed E-state index contributed by atoms with van der Waals surface area (Å²) in [5.41, 5.74) is 0.767. The Hall–Kier alpha value is -0.830. The Bertz CT molecular complexity index is 243. The first-order valence-electron chi connectivity index (χ1n) is 4.41. The summed E-state index contributed by atoms with van der Waals surface area (Å²) in [5.74, 6) is 0.993. The van der Waals surface area contributed by atoms with Gasteiger partial charge < -0.3 is 9.67 Å². The third kappa shape index (κ3) is 2.08. The molecule has 12 heavy (non-hydrogen) atoms. The van der Waals surface area contributed by atoms with Crippen molar-refractivity contribution in [3.05, 3.63) is 17.7 Å². The number of hydrogen-bond acceptors (Lipinski definition) is 2. The van der Waals surface area contributed by atoms with Gasteiger partial charge in [-0.3, -0.25) is 0 Å². The van der Waals surface area contributed by atoms with Crippen LogP contribution in [0.25, 0.3) is 0 Å². The lowest BCUT2D eigenvalue weighted by Crippen LogP contribution is -1.98. The van der Waals surface area contributed by atoms with Crippen LogP contribution >= 0.6 is 0 Å². The van der Waals surface area contributed by atoms with E-state index in [1.54, 1.807) is 0 Å². The molecule has 1 N–H and O–H groups in total. The van der Waals surface area contributed by atoms with E-state index >= 15 is 0 Å². The molecule has 1 heterocycles. The summed E-state index contributed by atoms with van der Waals surface area (Å²) in [5, 5.41) is 8.82. The van der Waals surface area contributed by atoms with Gasteiger partial charge in [0.25, 0.3) is 0 Å². The summed E-state index contributed by atoms with van der Waals surface area (Å²) in [7, 11) is 0. The van der Waals surface area contributed by atoms with Gasteiger partial charge in [-0.2, -0.15) is 0 Å². The second-order valence-corrected chi connectivity index (χ2v) is 2.98. The van der Waals surface area contributed by atoms with Gasteiger partial charge in [-0.05, 0) is 13.3 Å². The molecule has 0 radical (unpaired) electrons. The second-order valence-electron chi connectivity index (χ2n) is 2.98. The van der Waals surface area contributed by atoms with E-state index in [-0.39, 0.29) is 6.61 Å². The molecule has 1 rings (SSSR count). The predicted molar refractivity (Wildman–Crippen MR) is 47.8 cm³/mol. The summed E-state index contributed by atoms with van der Waals surface area (Å²) in [6.07, 6.45) is 4.28. The SMILES string of the molecule is CCCCn1cc(CO)nc1C. The van der Waals surface area contributed by atoms with Gasteiger partial charge in [0.15, 0.2) is 0 Å². The molecule has 1 aromatic heterocycles. The van der Waals surface area contributed by atoms with Crippen LogP contribution in [0.2, 0.25) is 0 Å². The minimum Gasteiger partial charge on any atom is -0.390 e. The number of aromatic nitrogens is 2. The zero-order chi connectivity index (χ0) is 8.97. The van der Waals surface area contributed by atoms with E-state index in [1.807, 2.05) is 13.1 Å². The van der Waals surface area contributed by atoms with Gasteiger partial charge in [-0.25, -0.2) is 4.98 Å². The lowest BCUT2D eigenvalue weighted by Gasteiger charge is -2.01. The number of aryl methyl sites for hydroxylation is 2.